The summed E-state index contributed by atoms with van der Waals surface area (Å²) in [6.07, 6.45) is 1.68. The van der Waals surface area contributed by atoms with Gasteiger partial charge in [-0.15, -0.1) is 0 Å². The normalized spacial score (nSPS) is 11.8. The fourth-order valence-electron chi connectivity index (χ4n) is 1.82. The first-order valence-corrected chi connectivity index (χ1v) is 7.48. The Bertz CT molecular complexity index is 449. The monoisotopic (exact) mass is 294 g/mol. The first kappa shape index (κ1) is 17.3. The van der Waals surface area contributed by atoms with Crippen LogP contribution in [0.3, 0.4) is 0 Å². The molecule has 118 valence electrons. The van der Waals surface area contributed by atoms with Gasteiger partial charge in [-0.2, -0.15) is 0 Å². The quantitative estimate of drug-likeness (QED) is 0.729. The van der Waals surface area contributed by atoms with Crippen molar-refractivity contribution in [2.75, 3.05) is 19.8 Å². The van der Waals surface area contributed by atoms with Crippen LogP contribution in [0.15, 0.2) is 18.2 Å². The summed E-state index contributed by atoms with van der Waals surface area (Å²) in [4.78, 5) is 11.7. The zero-order valence-corrected chi connectivity index (χ0v) is 13.1. The van der Waals surface area contributed by atoms with Gasteiger partial charge in [-0.05, 0) is 50.9 Å². The Morgan fingerprint density at radius 3 is 2.67 bits per heavy atom. The second-order valence-corrected chi connectivity index (χ2v) is 4.92. The number of nitrogens with one attached hydrogen (secondary N) is 1. The first-order chi connectivity index (χ1) is 10.1. The molecule has 0 radical (unpaired) electrons. The Morgan fingerprint density at radius 2 is 2.05 bits per heavy atom. The lowest BCUT2D eigenvalue weighted by Crippen LogP contribution is -2.35. The van der Waals surface area contributed by atoms with Crippen molar-refractivity contribution in [3.8, 4) is 11.5 Å². The van der Waals surface area contributed by atoms with Crippen LogP contribution < -0.4 is 20.5 Å². The van der Waals surface area contributed by atoms with E-state index in [0.29, 0.717) is 24.7 Å². The van der Waals surface area contributed by atoms with Crippen LogP contribution in [0.5, 0.6) is 11.5 Å². The van der Waals surface area contributed by atoms with Crippen LogP contribution in [0.25, 0.3) is 0 Å². The molecule has 0 aliphatic heterocycles. The molecule has 5 heteroatoms. The standard InChI is InChI=1S/C16H26N2O3/c1-4-12(3)18-16(19)11-21-14-7-6-13(8-9-17)10-15(14)20-5-2/h6-7,10,12H,4-5,8-9,11,17H2,1-3H3,(H,18,19). The van der Waals surface area contributed by atoms with E-state index in [2.05, 4.69) is 5.32 Å². The molecule has 0 spiro atoms. The predicted molar refractivity (Wildman–Crippen MR) is 83.8 cm³/mol. The molecule has 1 amide bonds. The van der Waals surface area contributed by atoms with Crippen LogP contribution in [0, 0.1) is 0 Å². The van der Waals surface area contributed by atoms with Crippen molar-refractivity contribution in [3.05, 3.63) is 23.8 Å². The molecule has 1 rings (SSSR count). The summed E-state index contributed by atoms with van der Waals surface area (Å²) in [6, 6.07) is 5.83. The molecule has 0 saturated carbocycles. The number of amides is 1. The lowest BCUT2D eigenvalue weighted by Gasteiger charge is -2.15. The van der Waals surface area contributed by atoms with Gasteiger partial charge in [0.15, 0.2) is 18.1 Å². The molecule has 0 aromatic heterocycles. The topological polar surface area (TPSA) is 73.6 Å². The van der Waals surface area contributed by atoms with Gasteiger partial charge in [0.2, 0.25) is 0 Å². The molecule has 1 atom stereocenters. The second-order valence-electron chi connectivity index (χ2n) is 4.92. The number of nitrogens with two attached hydrogens (primary N) is 1. The minimum atomic E-state index is -0.127. The number of benzene rings is 1. The molecule has 0 heterocycles. The summed E-state index contributed by atoms with van der Waals surface area (Å²) >= 11 is 0. The molecule has 1 aromatic carbocycles. The summed E-state index contributed by atoms with van der Waals surface area (Å²) in [7, 11) is 0. The smallest absolute Gasteiger partial charge is 0.258 e. The highest BCUT2D eigenvalue weighted by atomic mass is 16.5. The van der Waals surface area contributed by atoms with Crippen molar-refractivity contribution in [2.24, 2.45) is 5.73 Å². The summed E-state index contributed by atoms with van der Waals surface area (Å²) < 4.78 is 11.1. The third-order valence-corrected chi connectivity index (χ3v) is 3.12. The fourth-order valence-corrected chi connectivity index (χ4v) is 1.82. The number of hydrogen-bond donors (Lipinski definition) is 2. The van der Waals surface area contributed by atoms with E-state index in [1.807, 2.05) is 39.0 Å². The molecule has 21 heavy (non-hydrogen) atoms. The van der Waals surface area contributed by atoms with Gasteiger partial charge in [0.25, 0.3) is 5.91 Å². The third-order valence-electron chi connectivity index (χ3n) is 3.12. The van der Waals surface area contributed by atoms with E-state index in [9.17, 15) is 4.79 Å². The highest BCUT2D eigenvalue weighted by Gasteiger charge is 2.10. The fraction of sp³-hybridized carbons (Fsp3) is 0.562. The van der Waals surface area contributed by atoms with Gasteiger partial charge in [-0.1, -0.05) is 13.0 Å². The number of hydrogen-bond acceptors (Lipinski definition) is 4. The average molecular weight is 294 g/mol. The van der Waals surface area contributed by atoms with Gasteiger partial charge >= 0.3 is 0 Å². The molecule has 0 bridgehead atoms. The Hall–Kier alpha value is -1.75. The SMILES string of the molecule is CCOc1cc(CCN)ccc1OCC(=O)NC(C)CC. The van der Waals surface area contributed by atoms with Gasteiger partial charge < -0.3 is 20.5 Å². The zero-order chi connectivity index (χ0) is 15.7. The molecule has 0 aliphatic carbocycles. The van der Waals surface area contributed by atoms with Crippen molar-refractivity contribution in [1.82, 2.24) is 5.32 Å². The van der Waals surface area contributed by atoms with E-state index < -0.39 is 0 Å². The molecule has 3 N–H and O–H groups in total. The van der Waals surface area contributed by atoms with E-state index in [-0.39, 0.29) is 18.6 Å². The van der Waals surface area contributed by atoms with Crippen LogP contribution in [0.1, 0.15) is 32.8 Å². The number of rotatable bonds is 9. The van der Waals surface area contributed by atoms with Crippen LogP contribution in [-0.4, -0.2) is 31.7 Å². The summed E-state index contributed by atoms with van der Waals surface area (Å²) in [5.74, 6) is 1.11. The maximum Gasteiger partial charge on any atom is 0.258 e. The van der Waals surface area contributed by atoms with E-state index in [1.54, 1.807) is 0 Å². The average Bonchev–Trinajstić information content (AvgIpc) is 2.47. The Balaban J connectivity index is 2.66. The molecule has 5 nitrogen and oxygen atoms in total. The highest BCUT2D eigenvalue weighted by Crippen LogP contribution is 2.28. The Morgan fingerprint density at radius 1 is 1.29 bits per heavy atom. The minimum absolute atomic E-state index is 0.0132. The lowest BCUT2D eigenvalue weighted by molar-refractivity contribution is -0.123. The zero-order valence-electron chi connectivity index (χ0n) is 13.1. The lowest BCUT2D eigenvalue weighted by atomic mass is 10.1. The van der Waals surface area contributed by atoms with E-state index in [0.717, 1.165) is 18.4 Å². The molecule has 1 unspecified atom stereocenters. The van der Waals surface area contributed by atoms with Gasteiger partial charge in [0, 0.05) is 6.04 Å². The van der Waals surface area contributed by atoms with Crippen molar-refractivity contribution in [1.29, 1.82) is 0 Å². The molecule has 0 aliphatic rings. The van der Waals surface area contributed by atoms with Gasteiger partial charge in [-0.25, -0.2) is 0 Å². The number of ether oxygens (including phenoxy) is 2. The van der Waals surface area contributed by atoms with Crippen LogP contribution >= 0.6 is 0 Å². The van der Waals surface area contributed by atoms with Gasteiger partial charge in [0.1, 0.15) is 0 Å². The summed E-state index contributed by atoms with van der Waals surface area (Å²) in [5, 5.41) is 2.86. The summed E-state index contributed by atoms with van der Waals surface area (Å²) in [5.41, 5.74) is 6.65. The number of carbonyl (C=O) groups excluding carboxylic acids is 1. The third kappa shape index (κ3) is 6.04. The minimum Gasteiger partial charge on any atom is -0.490 e. The molecular formula is C16H26N2O3. The van der Waals surface area contributed by atoms with Crippen LogP contribution in [-0.2, 0) is 11.2 Å². The van der Waals surface area contributed by atoms with E-state index in [4.69, 9.17) is 15.2 Å². The Labute approximate surface area is 126 Å². The van der Waals surface area contributed by atoms with Gasteiger partial charge in [-0.3, -0.25) is 4.79 Å². The van der Waals surface area contributed by atoms with E-state index >= 15 is 0 Å². The van der Waals surface area contributed by atoms with E-state index in [1.165, 1.54) is 0 Å². The van der Waals surface area contributed by atoms with Crippen LogP contribution in [0.4, 0.5) is 0 Å². The molecular weight excluding hydrogens is 268 g/mol. The molecule has 1 aromatic rings. The maximum absolute atomic E-state index is 11.7. The Kier molecular flexibility index (Phi) is 7.61. The van der Waals surface area contributed by atoms with Crippen molar-refractivity contribution < 1.29 is 14.3 Å². The molecule has 0 fully saturated rings. The largest absolute Gasteiger partial charge is 0.490 e. The number of carbonyl (C=O) groups is 1. The predicted octanol–water partition coefficient (Wildman–Crippen LogP) is 1.88. The second kappa shape index (κ2) is 9.23. The summed E-state index contributed by atoms with van der Waals surface area (Å²) in [6.45, 7) is 7.01. The van der Waals surface area contributed by atoms with Crippen molar-refractivity contribution in [2.45, 2.75) is 39.7 Å². The maximum atomic E-state index is 11.7. The molecule has 0 saturated heterocycles. The first-order valence-electron chi connectivity index (χ1n) is 7.48. The van der Waals surface area contributed by atoms with Crippen molar-refractivity contribution in [3.63, 3.8) is 0 Å². The van der Waals surface area contributed by atoms with Crippen molar-refractivity contribution >= 4 is 5.91 Å². The van der Waals surface area contributed by atoms with Gasteiger partial charge in [0.05, 0.1) is 6.61 Å². The highest BCUT2D eigenvalue weighted by molar-refractivity contribution is 5.77. The van der Waals surface area contributed by atoms with Crippen LogP contribution in [0.2, 0.25) is 0 Å².